The molecular weight excluding hydrogens is 793 g/mol. The van der Waals surface area contributed by atoms with Crippen LogP contribution in [0.2, 0.25) is 0 Å². The van der Waals surface area contributed by atoms with Crippen LogP contribution in [0.5, 0.6) is 0 Å². The molecule has 13 aromatic rings. The Balaban J connectivity index is 0.883. The molecule has 0 aliphatic carbocycles. The molecule has 0 heterocycles. The van der Waals surface area contributed by atoms with Gasteiger partial charge in [0.2, 0.25) is 0 Å². The largest absolute Gasteiger partial charge is 0.0622 e. The average molecular weight is 835 g/mol. The molecule has 0 radical (unpaired) electrons. The number of fused-ring (bicyclic) bond motifs is 6. The van der Waals surface area contributed by atoms with E-state index in [1.54, 1.807) is 0 Å². The molecule has 0 saturated heterocycles. The highest BCUT2D eigenvalue weighted by molar-refractivity contribution is 6.23. The summed E-state index contributed by atoms with van der Waals surface area (Å²) in [6.07, 6.45) is 0. The van der Waals surface area contributed by atoms with E-state index in [2.05, 4.69) is 255 Å². The third kappa shape index (κ3) is 6.15. The molecule has 13 rings (SSSR count). The molecule has 0 saturated carbocycles. The predicted molar refractivity (Wildman–Crippen MR) is 284 cm³/mol. The maximum absolute atomic E-state index is 2.38. The van der Waals surface area contributed by atoms with Crippen molar-refractivity contribution in [2.24, 2.45) is 0 Å². The van der Waals surface area contributed by atoms with Crippen LogP contribution in [0.3, 0.4) is 0 Å². The van der Waals surface area contributed by atoms with Crippen LogP contribution >= 0.6 is 0 Å². The first-order valence-corrected chi connectivity index (χ1v) is 22.9. The number of hydrogen-bond acceptors (Lipinski definition) is 0. The minimum Gasteiger partial charge on any atom is -0.0622 e. The highest BCUT2D eigenvalue weighted by atomic mass is 14.2. The molecule has 66 heavy (non-hydrogen) atoms. The van der Waals surface area contributed by atoms with E-state index in [-0.39, 0.29) is 0 Å². The monoisotopic (exact) mass is 834 g/mol. The van der Waals surface area contributed by atoms with Crippen molar-refractivity contribution in [2.75, 3.05) is 0 Å². The van der Waals surface area contributed by atoms with E-state index in [4.69, 9.17) is 0 Å². The second-order valence-corrected chi connectivity index (χ2v) is 17.5. The number of rotatable bonds is 6. The number of hydrogen-bond donors (Lipinski definition) is 0. The van der Waals surface area contributed by atoms with E-state index in [0.717, 1.165) is 0 Å². The third-order valence-corrected chi connectivity index (χ3v) is 13.8. The molecule has 0 nitrogen and oxygen atoms in total. The van der Waals surface area contributed by atoms with E-state index >= 15 is 0 Å². The molecule has 306 valence electrons. The second-order valence-electron chi connectivity index (χ2n) is 17.5. The summed E-state index contributed by atoms with van der Waals surface area (Å²) in [4.78, 5) is 0. The smallest absolute Gasteiger partial charge is 0.00262 e. The molecule has 0 amide bonds. The van der Waals surface area contributed by atoms with Crippen molar-refractivity contribution in [3.8, 4) is 66.8 Å². The standard InChI is InChI=1S/C66H42/c1-3-17-44(18-4-1)63-55-23-9-11-25-57(55)65(58-26-12-10-24-56(58)63)46-33-31-43(32-34-46)51-39-40-52(54-22-8-7-21-53(51)54)49-37-35-48-42-50(38-36-47(48)41-49)66-61-29-15-13-27-59(61)64(45-19-5-2-6-20-45)60-28-14-16-30-62(60)66/h1-42H. The molecule has 0 fully saturated rings. The summed E-state index contributed by atoms with van der Waals surface area (Å²) in [5.74, 6) is 0. The van der Waals surface area contributed by atoms with Crippen molar-refractivity contribution in [1.29, 1.82) is 0 Å². The van der Waals surface area contributed by atoms with Crippen molar-refractivity contribution < 1.29 is 0 Å². The van der Waals surface area contributed by atoms with Crippen LogP contribution in [0.4, 0.5) is 0 Å². The Morgan fingerprint density at radius 1 is 0.152 bits per heavy atom. The summed E-state index contributed by atoms with van der Waals surface area (Å²) in [5, 5.41) is 15.1. The Bertz CT molecular complexity index is 3900. The molecule has 13 aromatic carbocycles. The van der Waals surface area contributed by atoms with Gasteiger partial charge in [-0.3, -0.25) is 0 Å². The van der Waals surface area contributed by atoms with E-state index < -0.39 is 0 Å². The Hall–Kier alpha value is -8.58. The lowest BCUT2D eigenvalue weighted by Gasteiger charge is -2.18. The Morgan fingerprint density at radius 3 is 0.803 bits per heavy atom. The van der Waals surface area contributed by atoms with Gasteiger partial charge in [0, 0.05) is 0 Å². The van der Waals surface area contributed by atoms with Gasteiger partial charge in [-0.2, -0.15) is 0 Å². The molecule has 0 heteroatoms. The zero-order valence-electron chi connectivity index (χ0n) is 36.2. The van der Waals surface area contributed by atoms with Gasteiger partial charge in [-0.1, -0.05) is 243 Å². The summed E-state index contributed by atoms with van der Waals surface area (Å²) < 4.78 is 0. The second kappa shape index (κ2) is 15.6. The Kier molecular flexibility index (Phi) is 8.96. The fourth-order valence-corrected chi connectivity index (χ4v) is 10.9. The molecule has 0 aliphatic rings. The van der Waals surface area contributed by atoms with Gasteiger partial charge in [-0.05, 0) is 144 Å². The van der Waals surface area contributed by atoms with E-state index in [1.807, 2.05) is 0 Å². The summed E-state index contributed by atoms with van der Waals surface area (Å²) in [5.41, 5.74) is 15.0. The van der Waals surface area contributed by atoms with Crippen molar-refractivity contribution in [1.82, 2.24) is 0 Å². The Morgan fingerprint density at radius 2 is 0.409 bits per heavy atom. The van der Waals surface area contributed by atoms with Crippen LogP contribution in [0.25, 0.3) is 131 Å². The first-order valence-electron chi connectivity index (χ1n) is 22.9. The summed E-state index contributed by atoms with van der Waals surface area (Å²) >= 11 is 0. The van der Waals surface area contributed by atoms with Crippen molar-refractivity contribution >= 4 is 64.6 Å². The lowest BCUT2D eigenvalue weighted by Crippen LogP contribution is -1.91. The van der Waals surface area contributed by atoms with Gasteiger partial charge in [-0.25, -0.2) is 0 Å². The third-order valence-electron chi connectivity index (χ3n) is 13.8. The zero-order valence-corrected chi connectivity index (χ0v) is 36.2. The van der Waals surface area contributed by atoms with E-state index in [9.17, 15) is 0 Å². The fraction of sp³-hybridized carbons (Fsp3) is 0. The van der Waals surface area contributed by atoms with Crippen LogP contribution in [0, 0.1) is 0 Å². The Labute approximate surface area is 384 Å². The lowest BCUT2D eigenvalue weighted by atomic mass is 9.85. The topological polar surface area (TPSA) is 0 Å². The molecule has 0 unspecified atom stereocenters. The van der Waals surface area contributed by atoms with Gasteiger partial charge < -0.3 is 0 Å². The van der Waals surface area contributed by atoms with Gasteiger partial charge in [0.25, 0.3) is 0 Å². The van der Waals surface area contributed by atoms with Gasteiger partial charge in [0.15, 0.2) is 0 Å². The molecule has 0 aromatic heterocycles. The normalized spacial score (nSPS) is 11.6. The average Bonchev–Trinajstić information content (AvgIpc) is 3.39. The molecule has 0 N–H and O–H groups in total. The predicted octanol–water partition coefficient (Wildman–Crippen LogP) is 18.6. The first-order chi connectivity index (χ1) is 32.8. The van der Waals surface area contributed by atoms with Gasteiger partial charge >= 0.3 is 0 Å². The maximum Gasteiger partial charge on any atom is -0.00262 e. The highest BCUT2D eigenvalue weighted by Crippen LogP contribution is 2.46. The minimum absolute atomic E-state index is 1.21. The van der Waals surface area contributed by atoms with Crippen molar-refractivity contribution in [3.63, 3.8) is 0 Å². The van der Waals surface area contributed by atoms with E-state index in [0.29, 0.717) is 0 Å². The van der Waals surface area contributed by atoms with Gasteiger partial charge in [0.05, 0.1) is 0 Å². The van der Waals surface area contributed by atoms with Crippen LogP contribution in [0.1, 0.15) is 0 Å². The molecular formula is C66H42. The first kappa shape index (κ1) is 37.9. The minimum atomic E-state index is 1.21. The maximum atomic E-state index is 2.38. The van der Waals surface area contributed by atoms with Crippen molar-refractivity contribution in [3.05, 3.63) is 255 Å². The summed E-state index contributed by atoms with van der Waals surface area (Å²) in [6, 6.07) is 93.9. The van der Waals surface area contributed by atoms with Crippen LogP contribution in [-0.4, -0.2) is 0 Å². The molecule has 0 spiro atoms. The van der Waals surface area contributed by atoms with Crippen LogP contribution in [0.15, 0.2) is 255 Å². The highest BCUT2D eigenvalue weighted by Gasteiger charge is 2.19. The molecule has 0 atom stereocenters. The van der Waals surface area contributed by atoms with Crippen LogP contribution in [-0.2, 0) is 0 Å². The fourth-order valence-electron chi connectivity index (χ4n) is 10.9. The van der Waals surface area contributed by atoms with E-state index in [1.165, 1.54) is 131 Å². The summed E-state index contributed by atoms with van der Waals surface area (Å²) in [7, 11) is 0. The SMILES string of the molecule is c1ccc(-c2c3ccccc3c(-c3ccc(-c4ccc(-c5ccc6cc(-c7c8ccccc8c(-c8ccccc8)c8ccccc78)ccc6c5)c5ccccc45)cc3)c3ccccc23)cc1. The molecule has 0 aliphatic heterocycles. The van der Waals surface area contributed by atoms with Gasteiger partial charge in [0.1, 0.15) is 0 Å². The quantitative estimate of drug-likeness (QED) is 0.146. The lowest BCUT2D eigenvalue weighted by molar-refractivity contribution is 1.62. The number of benzene rings is 13. The molecule has 0 bridgehead atoms. The zero-order chi connectivity index (χ0) is 43.6. The van der Waals surface area contributed by atoms with Crippen molar-refractivity contribution in [2.45, 2.75) is 0 Å². The van der Waals surface area contributed by atoms with Gasteiger partial charge in [-0.15, -0.1) is 0 Å². The van der Waals surface area contributed by atoms with Crippen LogP contribution < -0.4 is 0 Å². The summed E-state index contributed by atoms with van der Waals surface area (Å²) in [6.45, 7) is 0.